The number of rotatable bonds is 9. The zero-order chi connectivity index (χ0) is 21.7. The fraction of sp³-hybridized carbons (Fsp3) is 0.750. The monoisotopic (exact) mass is 413 g/mol. The standard InChI is InChI=1S/C20H35N3O4S/c1-12(9-8-10-20(6,7)27)14-11-21-18(28-14)23-16(25)13(2)22-17(26)15(24)19(3,4)5/h11-13,15,24,27H,8-10H2,1-7H3,(H,22,26)(H,21,23,25). The quantitative estimate of drug-likeness (QED) is 0.497. The highest BCUT2D eigenvalue weighted by Gasteiger charge is 2.30. The minimum absolute atomic E-state index is 0.282. The van der Waals surface area contributed by atoms with E-state index in [1.807, 2.05) is 0 Å². The van der Waals surface area contributed by atoms with Gasteiger partial charge in [0.2, 0.25) is 11.8 Å². The number of hydrogen-bond acceptors (Lipinski definition) is 6. The van der Waals surface area contributed by atoms with Gasteiger partial charge < -0.3 is 20.8 Å². The van der Waals surface area contributed by atoms with Gasteiger partial charge in [0.05, 0.1) is 5.60 Å². The van der Waals surface area contributed by atoms with E-state index in [0.717, 1.165) is 24.1 Å². The number of carbonyl (C=O) groups is 2. The van der Waals surface area contributed by atoms with E-state index >= 15 is 0 Å². The van der Waals surface area contributed by atoms with Crippen molar-refractivity contribution < 1.29 is 19.8 Å². The predicted molar refractivity (Wildman–Crippen MR) is 112 cm³/mol. The molecule has 1 aromatic rings. The lowest BCUT2D eigenvalue weighted by atomic mass is 9.88. The number of carbonyl (C=O) groups excluding carboxylic acids is 2. The number of amides is 2. The number of nitrogens with zero attached hydrogens (tertiary/aromatic N) is 1. The third-order valence-electron chi connectivity index (χ3n) is 4.49. The molecule has 3 atom stereocenters. The summed E-state index contributed by atoms with van der Waals surface area (Å²) in [6.45, 7) is 12.5. The third-order valence-corrected chi connectivity index (χ3v) is 5.63. The van der Waals surface area contributed by atoms with Crippen LogP contribution in [0.25, 0.3) is 0 Å². The molecular weight excluding hydrogens is 378 g/mol. The number of nitrogens with one attached hydrogen (secondary N) is 2. The van der Waals surface area contributed by atoms with Gasteiger partial charge in [-0.15, -0.1) is 11.3 Å². The number of hydrogen-bond donors (Lipinski definition) is 4. The van der Waals surface area contributed by atoms with Gasteiger partial charge in [0.1, 0.15) is 12.1 Å². The first-order valence-corrected chi connectivity index (χ1v) is 10.5. The normalized spacial score (nSPS) is 15.6. The van der Waals surface area contributed by atoms with E-state index in [-0.39, 0.29) is 11.8 Å². The van der Waals surface area contributed by atoms with Gasteiger partial charge in [-0.1, -0.05) is 27.7 Å². The van der Waals surface area contributed by atoms with Crippen LogP contribution in [0, 0.1) is 5.41 Å². The molecule has 8 heteroatoms. The summed E-state index contributed by atoms with van der Waals surface area (Å²) < 4.78 is 0. The molecule has 0 spiro atoms. The van der Waals surface area contributed by atoms with Crippen LogP contribution in [0.15, 0.2) is 6.20 Å². The number of aliphatic hydroxyl groups is 2. The molecule has 3 unspecified atom stereocenters. The molecule has 2 amide bonds. The van der Waals surface area contributed by atoms with E-state index in [1.54, 1.807) is 47.7 Å². The molecule has 0 aromatic carbocycles. The van der Waals surface area contributed by atoms with Crippen molar-refractivity contribution in [3.63, 3.8) is 0 Å². The number of anilines is 1. The Kier molecular flexibility index (Phi) is 8.59. The summed E-state index contributed by atoms with van der Waals surface area (Å²) in [5, 5.41) is 25.5. The molecule has 160 valence electrons. The number of aliphatic hydroxyl groups excluding tert-OH is 1. The first kappa shape index (κ1) is 24.5. The maximum Gasteiger partial charge on any atom is 0.250 e. The van der Waals surface area contributed by atoms with Crippen molar-refractivity contribution in [2.45, 2.75) is 91.4 Å². The molecular formula is C20H35N3O4S. The number of aromatic nitrogens is 1. The van der Waals surface area contributed by atoms with Crippen LogP contribution in [-0.4, -0.2) is 44.8 Å². The molecule has 4 N–H and O–H groups in total. The van der Waals surface area contributed by atoms with Crippen LogP contribution in [-0.2, 0) is 9.59 Å². The lowest BCUT2D eigenvalue weighted by molar-refractivity contribution is -0.137. The second-order valence-electron chi connectivity index (χ2n) is 9.16. The first-order valence-electron chi connectivity index (χ1n) is 9.68. The highest BCUT2D eigenvalue weighted by molar-refractivity contribution is 7.15. The second-order valence-corrected chi connectivity index (χ2v) is 10.2. The van der Waals surface area contributed by atoms with Crippen LogP contribution < -0.4 is 10.6 Å². The van der Waals surface area contributed by atoms with Crippen molar-refractivity contribution in [3.8, 4) is 0 Å². The highest BCUT2D eigenvalue weighted by atomic mass is 32.1. The molecule has 1 heterocycles. The van der Waals surface area contributed by atoms with Crippen molar-refractivity contribution in [1.82, 2.24) is 10.3 Å². The minimum Gasteiger partial charge on any atom is -0.390 e. The largest absolute Gasteiger partial charge is 0.390 e. The summed E-state index contributed by atoms with van der Waals surface area (Å²) in [7, 11) is 0. The average Bonchev–Trinajstić information content (AvgIpc) is 3.00. The van der Waals surface area contributed by atoms with Crippen LogP contribution in [0.1, 0.15) is 78.5 Å². The summed E-state index contributed by atoms with van der Waals surface area (Å²) in [6.07, 6.45) is 3.12. The minimum atomic E-state index is -1.20. The van der Waals surface area contributed by atoms with Crippen molar-refractivity contribution >= 4 is 28.3 Å². The van der Waals surface area contributed by atoms with Crippen LogP contribution in [0.5, 0.6) is 0 Å². The molecule has 0 radical (unpaired) electrons. The van der Waals surface area contributed by atoms with Gasteiger partial charge in [0.15, 0.2) is 5.13 Å². The van der Waals surface area contributed by atoms with Gasteiger partial charge in [-0.2, -0.15) is 0 Å². The molecule has 28 heavy (non-hydrogen) atoms. The molecule has 0 aliphatic rings. The highest BCUT2D eigenvalue weighted by Crippen LogP contribution is 2.30. The maximum absolute atomic E-state index is 12.3. The topological polar surface area (TPSA) is 112 Å². The van der Waals surface area contributed by atoms with E-state index < -0.39 is 29.1 Å². The Morgan fingerprint density at radius 3 is 2.32 bits per heavy atom. The van der Waals surface area contributed by atoms with Crippen LogP contribution >= 0.6 is 11.3 Å². The second kappa shape index (κ2) is 9.80. The van der Waals surface area contributed by atoms with E-state index in [0.29, 0.717) is 5.13 Å². The average molecular weight is 414 g/mol. The molecule has 1 rings (SSSR count). The third kappa shape index (κ3) is 8.24. The fourth-order valence-corrected chi connectivity index (χ4v) is 3.42. The summed E-state index contributed by atoms with van der Waals surface area (Å²) in [6, 6.07) is -0.791. The molecule has 0 aliphatic heterocycles. The van der Waals surface area contributed by atoms with Crippen molar-refractivity contribution in [2.24, 2.45) is 5.41 Å². The molecule has 0 saturated carbocycles. The van der Waals surface area contributed by atoms with E-state index in [9.17, 15) is 19.8 Å². The zero-order valence-electron chi connectivity index (χ0n) is 18.0. The smallest absolute Gasteiger partial charge is 0.250 e. The molecule has 1 aromatic heterocycles. The lowest BCUT2D eigenvalue weighted by Crippen LogP contribution is -2.49. The van der Waals surface area contributed by atoms with Crippen molar-refractivity contribution in [1.29, 1.82) is 0 Å². The Balaban J connectivity index is 2.55. The Bertz CT molecular complexity index is 661. The molecule has 0 fully saturated rings. The summed E-state index contributed by atoms with van der Waals surface area (Å²) in [5.74, 6) is -0.676. The number of thiazole rings is 1. The Labute approximate surface area is 172 Å². The van der Waals surface area contributed by atoms with Crippen LogP contribution in [0.3, 0.4) is 0 Å². The van der Waals surface area contributed by atoms with Gasteiger partial charge in [-0.3, -0.25) is 9.59 Å². The van der Waals surface area contributed by atoms with Crippen LogP contribution in [0.4, 0.5) is 5.13 Å². The van der Waals surface area contributed by atoms with E-state index in [4.69, 9.17) is 0 Å². The first-order chi connectivity index (χ1) is 12.7. The molecule has 0 bridgehead atoms. The van der Waals surface area contributed by atoms with E-state index in [2.05, 4.69) is 22.5 Å². The summed E-state index contributed by atoms with van der Waals surface area (Å²) in [4.78, 5) is 29.7. The lowest BCUT2D eigenvalue weighted by Gasteiger charge is -2.26. The van der Waals surface area contributed by atoms with E-state index in [1.165, 1.54) is 11.3 Å². The fourth-order valence-electron chi connectivity index (χ4n) is 2.52. The molecule has 0 aliphatic carbocycles. The summed E-state index contributed by atoms with van der Waals surface area (Å²) in [5.41, 5.74) is -1.26. The van der Waals surface area contributed by atoms with Gasteiger partial charge >= 0.3 is 0 Å². The van der Waals surface area contributed by atoms with Crippen molar-refractivity contribution in [2.75, 3.05) is 5.32 Å². The van der Waals surface area contributed by atoms with Gasteiger partial charge in [0, 0.05) is 11.1 Å². The predicted octanol–water partition coefficient (Wildman–Crippen LogP) is 3.04. The van der Waals surface area contributed by atoms with Crippen molar-refractivity contribution in [3.05, 3.63) is 11.1 Å². The molecule has 7 nitrogen and oxygen atoms in total. The van der Waals surface area contributed by atoms with Gasteiger partial charge in [-0.25, -0.2) is 4.98 Å². The Morgan fingerprint density at radius 2 is 1.79 bits per heavy atom. The SMILES string of the molecule is CC(NC(=O)C(O)C(C)(C)C)C(=O)Nc1ncc(C(C)CCCC(C)(C)O)s1. The molecule has 0 saturated heterocycles. The van der Waals surface area contributed by atoms with Crippen LogP contribution in [0.2, 0.25) is 0 Å². The maximum atomic E-state index is 12.3. The van der Waals surface area contributed by atoms with Gasteiger partial charge in [0.25, 0.3) is 0 Å². The summed E-state index contributed by atoms with van der Waals surface area (Å²) >= 11 is 1.41. The Morgan fingerprint density at radius 1 is 1.18 bits per heavy atom. The van der Waals surface area contributed by atoms with Gasteiger partial charge in [-0.05, 0) is 51.4 Å². The Hall–Kier alpha value is -1.51. The zero-order valence-corrected chi connectivity index (χ0v) is 18.8.